The SMILES string of the molecule is O=COc1csc(-n2nc(-c3ccccc3)c3c2CCCCCC3)n1. The Balaban J connectivity index is 1.84. The third kappa shape index (κ3) is 3.22. The lowest BCUT2D eigenvalue weighted by Crippen LogP contribution is -2.05. The van der Waals surface area contributed by atoms with Crippen molar-refractivity contribution in [2.75, 3.05) is 0 Å². The second-order valence-corrected chi connectivity index (χ2v) is 6.98. The van der Waals surface area contributed by atoms with Crippen LogP contribution in [0.15, 0.2) is 35.7 Å². The highest BCUT2D eigenvalue weighted by Gasteiger charge is 2.22. The fourth-order valence-corrected chi connectivity index (χ4v) is 4.10. The van der Waals surface area contributed by atoms with E-state index in [-0.39, 0.29) is 0 Å². The molecule has 2 aromatic heterocycles. The second-order valence-electron chi connectivity index (χ2n) is 6.15. The first-order valence-electron chi connectivity index (χ1n) is 8.59. The van der Waals surface area contributed by atoms with Gasteiger partial charge in [-0.1, -0.05) is 54.5 Å². The summed E-state index contributed by atoms with van der Waals surface area (Å²) < 4.78 is 6.82. The number of fused-ring (bicyclic) bond motifs is 1. The lowest BCUT2D eigenvalue weighted by molar-refractivity contribution is -0.120. The van der Waals surface area contributed by atoms with Crippen LogP contribution in [0.25, 0.3) is 16.4 Å². The van der Waals surface area contributed by atoms with E-state index in [1.54, 1.807) is 5.38 Å². The molecule has 5 nitrogen and oxygen atoms in total. The number of benzene rings is 1. The first-order valence-corrected chi connectivity index (χ1v) is 9.47. The third-order valence-electron chi connectivity index (χ3n) is 4.55. The van der Waals surface area contributed by atoms with Gasteiger partial charge >= 0.3 is 0 Å². The number of thiazole rings is 1. The number of hydrogen-bond donors (Lipinski definition) is 0. The largest absolute Gasteiger partial charge is 0.409 e. The van der Waals surface area contributed by atoms with E-state index >= 15 is 0 Å². The van der Waals surface area contributed by atoms with E-state index in [0.29, 0.717) is 12.4 Å². The highest BCUT2D eigenvalue weighted by Crippen LogP contribution is 2.33. The zero-order valence-electron chi connectivity index (χ0n) is 13.9. The van der Waals surface area contributed by atoms with Crippen molar-refractivity contribution < 1.29 is 9.53 Å². The van der Waals surface area contributed by atoms with Crippen molar-refractivity contribution >= 4 is 17.8 Å². The van der Waals surface area contributed by atoms with Crippen LogP contribution in [-0.2, 0) is 17.6 Å². The van der Waals surface area contributed by atoms with Crippen molar-refractivity contribution in [2.45, 2.75) is 38.5 Å². The maximum Gasteiger partial charge on any atom is 0.299 e. The molecule has 128 valence electrons. The smallest absolute Gasteiger partial charge is 0.299 e. The fraction of sp³-hybridized carbons (Fsp3) is 0.316. The predicted molar refractivity (Wildman–Crippen MR) is 97.2 cm³/mol. The van der Waals surface area contributed by atoms with E-state index in [1.807, 2.05) is 22.9 Å². The molecule has 0 saturated heterocycles. The van der Waals surface area contributed by atoms with Crippen LogP contribution in [0.3, 0.4) is 0 Å². The van der Waals surface area contributed by atoms with Gasteiger partial charge in [0.15, 0.2) is 0 Å². The first-order chi connectivity index (χ1) is 12.4. The van der Waals surface area contributed by atoms with Crippen LogP contribution in [-0.4, -0.2) is 21.2 Å². The normalized spacial score (nSPS) is 14.4. The molecule has 0 unspecified atom stereocenters. The van der Waals surface area contributed by atoms with Gasteiger partial charge in [0.05, 0.1) is 16.8 Å². The number of hydrogen-bond acceptors (Lipinski definition) is 5. The van der Waals surface area contributed by atoms with Crippen LogP contribution in [0.1, 0.15) is 36.9 Å². The molecule has 0 spiro atoms. The Hall–Kier alpha value is -2.47. The highest BCUT2D eigenvalue weighted by molar-refractivity contribution is 7.12. The molecule has 6 heteroatoms. The minimum absolute atomic E-state index is 0.325. The molecule has 1 aliphatic carbocycles. The fourth-order valence-electron chi connectivity index (χ4n) is 3.39. The Morgan fingerprint density at radius 3 is 2.68 bits per heavy atom. The highest BCUT2D eigenvalue weighted by atomic mass is 32.1. The molecule has 0 N–H and O–H groups in total. The van der Waals surface area contributed by atoms with Crippen molar-refractivity contribution in [3.8, 4) is 22.3 Å². The van der Waals surface area contributed by atoms with Gasteiger partial charge < -0.3 is 4.74 Å². The van der Waals surface area contributed by atoms with Gasteiger partial charge in [-0.25, -0.2) is 4.68 Å². The Labute approximate surface area is 150 Å². The van der Waals surface area contributed by atoms with Gasteiger partial charge in [0.1, 0.15) is 0 Å². The van der Waals surface area contributed by atoms with Gasteiger partial charge in [0.2, 0.25) is 11.0 Å². The molecule has 0 bridgehead atoms. The summed E-state index contributed by atoms with van der Waals surface area (Å²) in [5.41, 5.74) is 4.76. The lowest BCUT2D eigenvalue weighted by Gasteiger charge is -2.11. The molecule has 0 atom stereocenters. The predicted octanol–water partition coefficient (Wildman–Crippen LogP) is 4.19. The molecule has 25 heavy (non-hydrogen) atoms. The van der Waals surface area contributed by atoms with Crippen LogP contribution in [0.2, 0.25) is 0 Å². The summed E-state index contributed by atoms with van der Waals surface area (Å²) in [6.07, 6.45) is 6.92. The van der Waals surface area contributed by atoms with Gasteiger partial charge in [0, 0.05) is 11.1 Å². The van der Waals surface area contributed by atoms with E-state index in [0.717, 1.165) is 35.7 Å². The van der Waals surface area contributed by atoms with E-state index in [1.165, 1.54) is 41.9 Å². The molecular formula is C19H19N3O2S. The summed E-state index contributed by atoms with van der Waals surface area (Å²) in [5, 5.41) is 7.39. The Morgan fingerprint density at radius 2 is 1.88 bits per heavy atom. The molecule has 0 aliphatic heterocycles. The molecule has 0 fully saturated rings. The zero-order valence-corrected chi connectivity index (χ0v) is 14.7. The Bertz CT molecular complexity index is 870. The second kappa shape index (κ2) is 7.19. The summed E-state index contributed by atoms with van der Waals surface area (Å²) in [4.78, 5) is 15.0. The monoisotopic (exact) mass is 353 g/mol. The average Bonchev–Trinajstić information content (AvgIpc) is 3.20. The standard InChI is InChI=1S/C19H19N3O2S/c23-13-24-17-12-25-19(20-17)22-16-11-7-2-1-6-10-15(16)18(21-22)14-8-4-3-5-9-14/h3-5,8-9,12-13H,1-2,6-7,10-11H2. The van der Waals surface area contributed by atoms with E-state index < -0.39 is 0 Å². The van der Waals surface area contributed by atoms with Gasteiger partial charge in [-0.3, -0.25) is 4.79 Å². The molecule has 4 rings (SSSR count). The summed E-state index contributed by atoms with van der Waals surface area (Å²) in [6, 6.07) is 10.3. The summed E-state index contributed by atoms with van der Waals surface area (Å²) in [6.45, 7) is 0.405. The van der Waals surface area contributed by atoms with Gasteiger partial charge in [-0.15, -0.1) is 0 Å². The third-order valence-corrected chi connectivity index (χ3v) is 5.34. The van der Waals surface area contributed by atoms with Crippen LogP contribution >= 0.6 is 11.3 Å². The minimum Gasteiger partial charge on any atom is -0.409 e. The van der Waals surface area contributed by atoms with E-state index in [2.05, 4.69) is 17.1 Å². The molecule has 0 amide bonds. The van der Waals surface area contributed by atoms with Crippen LogP contribution in [0, 0.1) is 0 Å². The average molecular weight is 353 g/mol. The topological polar surface area (TPSA) is 57.0 Å². The van der Waals surface area contributed by atoms with Gasteiger partial charge in [-0.05, 0) is 25.7 Å². The van der Waals surface area contributed by atoms with Crippen LogP contribution < -0.4 is 4.74 Å². The molecule has 1 aromatic carbocycles. The van der Waals surface area contributed by atoms with E-state index in [9.17, 15) is 4.79 Å². The van der Waals surface area contributed by atoms with Crippen LogP contribution in [0.5, 0.6) is 5.88 Å². The maximum atomic E-state index is 10.5. The number of ether oxygens (including phenoxy) is 1. The zero-order chi connectivity index (χ0) is 17.1. The van der Waals surface area contributed by atoms with Crippen molar-refractivity contribution in [1.29, 1.82) is 0 Å². The summed E-state index contributed by atoms with van der Waals surface area (Å²) in [5.74, 6) is 0.325. The molecule has 1 aliphatic rings. The first kappa shape index (κ1) is 16.0. The molecule has 3 aromatic rings. The summed E-state index contributed by atoms with van der Waals surface area (Å²) in [7, 11) is 0. The Morgan fingerprint density at radius 1 is 1.08 bits per heavy atom. The quantitative estimate of drug-likeness (QED) is 0.660. The molecule has 0 radical (unpaired) electrons. The van der Waals surface area contributed by atoms with Gasteiger partial charge in [0.25, 0.3) is 6.47 Å². The van der Waals surface area contributed by atoms with Gasteiger partial charge in [-0.2, -0.15) is 10.1 Å². The Kier molecular flexibility index (Phi) is 4.61. The van der Waals surface area contributed by atoms with Crippen LogP contribution in [0.4, 0.5) is 0 Å². The van der Waals surface area contributed by atoms with E-state index in [4.69, 9.17) is 9.84 Å². The van der Waals surface area contributed by atoms with Crippen molar-refractivity contribution in [3.05, 3.63) is 47.0 Å². The number of rotatable bonds is 4. The molecule has 0 saturated carbocycles. The summed E-state index contributed by atoms with van der Waals surface area (Å²) >= 11 is 1.44. The lowest BCUT2D eigenvalue weighted by atomic mass is 9.95. The number of carbonyl (C=O) groups excluding carboxylic acids is 1. The number of nitrogens with zero attached hydrogens (tertiary/aromatic N) is 3. The number of aromatic nitrogens is 3. The maximum absolute atomic E-state index is 10.5. The van der Waals surface area contributed by atoms with Crippen molar-refractivity contribution in [2.24, 2.45) is 0 Å². The molecule has 2 heterocycles. The number of carbonyl (C=O) groups is 1. The van der Waals surface area contributed by atoms with Crippen molar-refractivity contribution in [3.63, 3.8) is 0 Å². The van der Waals surface area contributed by atoms with Crippen molar-refractivity contribution in [1.82, 2.24) is 14.8 Å². The molecular weight excluding hydrogens is 334 g/mol. The minimum atomic E-state index is 0.325.